The minimum absolute atomic E-state index is 0.0600. The average molecular weight is 649 g/mol. The zero-order valence-corrected chi connectivity index (χ0v) is 24.8. The van der Waals surface area contributed by atoms with Crippen LogP contribution in [-0.2, 0) is 14.7 Å². The predicted molar refractivity (Wildman–Crippen MR) is 157 cm³/mol. The van der Waals surface area contributed by atoms with Crippen LogP contribution in [0, 0.1) is 0 Å². The number of halogens is 5. The molecule has 4 aromatic rings. The number of nitrogens with one attached hydrogen (secondary N) is 1. The highest BCUT2D eigenvalue weighted by atomic mass is 35.5. The van der Waals surface area contributed by atoms with E-state index < -0.39 is 39.4 Å². The fourth-order valence-electron chi connectivity index (χ4n) is 4.58. The zero-order valence-electron chi connectivity index (χ0n) is 21.6. The van der Waals surface area contributed by atoms with Gasteiger partial charge in [-0.15, -0.1) is 13.2 Å². The number of hydrogen-bond acceptors (Lipinski definition) is 6. The van der Waals surface area contributed by atoms with Crippen LogP contribution in [0.5, 0.6) is 5.75 Å². The molecule has 4 atom stereocenters. The number of hydrogen-bond donors (Lipinski definition) is 2. The van der Waals surface area contributed by atoms with Crippen LogP contribution >= 0.6 is 35.1 Å². The number of fused-ring (bicyclic) bond motifs is 3. The van der Waals surface area contributed by atoms with E-state index in [0.29, 0.717) is 16.5 Å². The Bertz CT molecular complexity index is 1620. The van der Waals surface area contributed by atoms with Gasteiger partial charge in [-0.2, -0.15) is 0 Å². The lowest BCUT2D eigenvalue weighted by Gasteiger charge is -2.35. The topological polar surface area (TPSA) is 85.1 Å². The molecular weight excluding hydrogens is 622 g/mol. The molecule has 0 spiro atoms. The first-order valence-corrected chi connectivity index (χ1v) is 15.8. The van der Waals surface area contributed by atoms with Crippen molar-refractivity contribution in [2.24, 2.45) is 4.36 Å². The van der Waals surface area contributed by atoms with E-state index in [1.54, 1.807) is 12.1 Å². The number of ether oxygens (including phenoxy) is 2. The Hall–Kier alpha value is -2.19. The number of alkyl halides is 3. The molecule has 1 fully saturated rings. The molecular formula is C27H26Cl2F3N3O4S2. The molecule has 2 unspecified atom stereocenters. The Labute approximate surface area is 249 Å². The molecule has 1 saturated heterocycles. The van der Waals surface area contributed by atoms with E-state index in [-0.39, 0.29) is 24.7 Å². The standard InChI is InChI=1S/C27H26Cl2F3N3O4S2/c1-2-11-33-41(37,19-7-5-18(6-8-19)39-27(30,31)32)34-22-14-38-15-25(26(22)36)40-35-23-9-3-16(28)12-20(23)21-13-17(29)4-10-24(21)35/h3-10,12-13,22,25-26,36H,2,11,14-15H2,1H3,(H,33,34,37)/t22-,25?,26+,41?/m0/s1. The molecule has 0 amide bonds. The number of benzene rings is 3. The van der Waals surface area contributed by atoms with Crippen LogP contribution in [0.3, 0.4) is 0 Å². The number of aliphatic hydroxyl groups is 1. The quantitative estimate of drug-likeness (QED) is 0.214. The highest BCUT2D eigenvalue weighted by Crippen LogP contribution is 2.38. The smallest absolute Gasteiger partial charge is 0.406 e. The Balaban J connectivity index is 1.42. The molecule has 41 heavy (non-hydrogen) atoms. The summed E-state index contributed by atoms with van der Waals surface area (Å²) in [7, 11) is -3.33. The maximum absolute atomic E-state index is 14.0. The third-order valence-electron chi connectivity index (χ3n) is 6.44. The van der Waals surface area contributed by atoms with E-state index in [2.05, 4.69) is 13.8 Å². The highest BCUT2D eigenvalue weighted by Gasteiger charge is 2.37. The number of aliphatic hydroxyl groups excluding tert-OH is 1. The molecule has 7 nitrogen and oxygen atoms in total. The third kappa shape index (κ3) is 6.74. The molecule has 2 N–H and O–H groups in total. The van der Waals surface area contributed by atoms with E-state index >= 15 is 0 Å². The van der Waals surface area contributed by atoms with E-state index in [1.807, 2.05) is 35.2 Å². The number of rotatable bonds is 8. The van der Waals surface area contributed by atoms with Crippen molar-refractivity contribution in [3.05, 3.63) is 70.7 Å². The van der Waals surface area contributed by atoms with Gasteiger partial charge in [0.25, 0.3) is 0 Å². The first-order valence-electron chi connectivity index (χ1n) is 12.7. The largest absolute Gasteiger partial charge is 0.573 e. The van der Waals surface area contributed by atoms with Crippen LogP contribution in [-0.4, -0.2) is 56.8 Å². The van der Waals surface area contributed by atoms with Gasteiger partial charge in [-0.3, -0.25) is 3.97 Å². The van der Waals surface area contributed by atoms with Crippen molar-refractivity contribution in [2.75, 3.05) is 19.8 Å². The summed E-state index contributed by atoms with van der Waals surface area (Å²) < 4.78 is 70.9. The molecule has 5 rings (SSSR count). The van der Waals surface area contributed by atoms with E-state index in [4.69, 9.17) is 27.9 Å². The van der Waals surface area contributed by atoms with Crippen LogP contribution in [0.2, 0.25) is 10.0 Å². The Kier molecular flexibility index (Phi) is 9.01. The van der Waals surface area contributed by atoms with Gasteiger partial charge in [-0.05, 0) is 79.0 Å². The van der Waals surface area contributed by atoms with Crippen LogP contribution in [0.1, 0.15) is 13.3 Å². The monoisotopic (exact) mass is 647 g/mol. The third-order valence-corrected chi connectivity index (χ3v) is 10.3. The lowest BCUT2D eigenvalue weighted by molar-refractivity contribution is -0.274. The molecule has 2 heterocycles. The van der Waals surface area contributed by atoms with E-state index in [0.717, 1.165) is 33.9 Å². The van der Waals surface area contributed by atoms with Crippen molar-refractivity contribution in [1.29, 1.82) is 0 Å². The first kappa shape index (κ1) is 30.3. The summed E-state index contributed by atoms with van der Waals surface area (Å²) in [6.07, 6.45) is -5.26. The average Bonchev–Trinajstić information content (AvgIpc) is 3.21. The molecule has 14 heteroatoms. The van der Waals surface area contributed by atoms with Gasteiger partial charge in [0.2, 0.25) is 0 Å². The second-order valence-electron chi connectivity index (χ2n) is 9.41. The van der Waals surface area contributed by atoms with Crippen molar-refractivity contribution in [2.45, 2.75) is 42.0 Å². The van der Waals surface area contributed by atoms with Gasteiger partial charge in [0.1, 0.15) is 15.7 Å². The minimum Gasteiger partial charge on any atom is -0.406 e. The van der Waals surface area contributed by atoms with Gasteiger partial charge in [0.15, 0.2) is 0 Å². The normalized spacial score (nSPS) is 21.2. The van der Waals surface area contributed by atoms with Gasteiger partial charge in [-0.1, -0.05) is 30.1 Å². The lowest BCUT2D eigenvalue weighted by atomic mass is 10.1. The minimum atomic E-state index is -4.85. The molecule has 3 aromatic carbocycles. The summed E-state index contributed by atoms with van der Waals surface area (Å²) in [6.45, 7) is 2.38. The zero-order chi connectivity index (χ0) is 29.4. The highest BCUT2D eigenvalue weighted by molar-refractivity contribution is 7.98. The molecule has 1 aliphatic rings. The summed E-state index contributed by atoms with van der Waals surface area (Å²) >= 11 is 13.9. The van der Waals surface area contributed by atoms with Crippen molar-refractivity contribution >= 4 is 66.9 Å². The molecule has 0 bridgehead atoms. The molecule has 0 saturated carbocycles. The molecule has 0 radical (unpaired) electrons. The van der Waals surface area contributed by atoms with Gasteiger partial charge in [0, 0.05) is 27.4 Å². The van der Waals surface area contributed by atoms with Gasteiger partial charge in [0.05, 0.1) is 46.5 Å². The van der Waals surface area contributed by atoms with Crippen LogP contribution in [0.15, 0.2) is 69.9 Å². The molecule has 0 aliphatic carbocycles. The Morgan fingerprint density at radius 3 is 2.24 bits per heavy atom. The SMILES string of the molecule is CCCN=S(=O)(N[C@H]1COCC(Sn2c3ccc(Cl)cc3c3cc(Cl)ccc32)[C@@H]1O)c1ccc(OC(F)(F)F)cc1. The second-order valence-corrected chi connectivity index (χ2v) is 13.5. The van der Waals surface area contributed by atoms with E-state index in [9.17, 15) is 22.5 Å². The summed E-state index contributed by atoms with van der Waals surface area (Å²) in [5.74, 6) is -0.440. The maximum Gasteiger partial charge on any atom is 0.573 e. The summed E-state index contributed by atoms with van der Waals surface area (Å²) in [6, 6.07) is 15.0. The molecule has 1 aromatic heterocycles. The predicted octanol–water partition coefficient (Wildman–Crippen LogP) is 7.07. The maximum atomic E-state index is 14.0. The lowest BCUT2D eigenvalue weighted by Crippen LogP contribution is -2.55. The van der Waals surface area contributed by atoms with Crippen LogP contribution < -0.4 is 9.46 Å². The van der Waals surface area contributed by atoms with Crippen molar-refractivity contribution in [3.63, 3.8) is 0 Å². The van der Waals surface area contributed by atoms with Gasteiger partial charge in [-0.25, -0.2) is 13.3 Å². The van der Waals surface area contributed by atoms with Gasteiger partial charge >= 0.3 is 6.36 Å². The summed E-state index contributed by atoms with van der Waals surface area (Å²) in [5, 5.41) is 13.9. The van der Waals surface area contributed by atoms with Crippen molar-refractivity contribution < 1.29 is 32.0 Å². The fourth-order valence-corrected chi connectivity index (χ4v) is 8.13. The number of aromatic nitrogens is 1. The van der Waals surface area contributed by atoms with Crippen LogP contribution in [0.4, 0.5) is 13.2 Å². The first-order chi connectivity index (χ1) is 19.5. The van der Waals surface area contributed by atoms with Crippen molar-refractivity contribution in [1.82, 2.24) is 8.69 Å². The van der Waals surface area contributed by atoms with Gasteiger partial charge < -0.3 is 14.6 Å². The fraction of sp³-hybridized carbons (Fsp3) is 0.333. The van der Waals surface area contributed by atoms with Crippen molar-refractivity contribution in [3.8, 4) is 5.75 Å². The summed E-state index contributed by atoms with van der Waals surface area (Å²) in [5.41, 5.74) is 1.75. The molecule has 220 valence electrons. The Morgan fingerprint density at radius 1 is 1.07 bits per heavy atom. The van der Waals surface area contributed by atoms with Crippen LogP contribution in [0.25, 0.3) is 21.8 Å². The number of nitrogens with zero attached hydrogens (tertiary/aromatic N) is 2. The van der Waals surface area contributed by atoms with E-state index in [1.165, 1.54) is 24.1 Å². The molecule has 1 aliphatic heterocycles. The Morgan fingerprint density at radius 2 is 1.68 bits per heavy atom. The second kappa shape index (κ2) is 12.2. The summed E-state index contributed by atoms with van der Waals surface area (Å²) in [4.78, 5) is 0.165.